The molecule has 142 valence electrons. The molecule has 5 nitrogen and oxygen atoms in total. The number of furan rings is 1. The van der Waals surface area contributed by atoms with E-state index in [1.54, 1.807) is 11.3 Å². The number of carbonyl (C=O) groups excluding carboxylic acids is 1. The summed E-state index contributed by atoms with van der Waals surface area (Å²) in [6.07, 6.45) is 0. The molecule has 1 fully saturated rings. The van der Waals surface area contributed by atoms with E-state index in [0.29, 0.717) is 12.4 Å². The van der Waals surface area contributed by atoms with Gasteiger partial charge in [-0.25, -0.2) is 0 Å². The Labute approximate surface area is 163 Å². The Morgan fingerprint density at radius 3 is 2.81 bits per heavy atom. The van der Waals surface area contributed by atoms with E-state index in [0.717, 1.165) is 55.0 Å². The lowest BCUT2D eigenvalue weighted by atomic mass is 10.1. The van der Waals surface area contributed by atoms with Crippen molar-refractivity contribution in [3.63, 3.8) is 0 Å². The van der Waals surface area contributed by atoms with E-state index in [4.69, 9.17) is 9.15 Å². The molecule has 0 saturated carbocycles. The maximum atomic E-state index is 13.0. The fraction of sp³-hybridized carbons (Fsp3) is 0.381. The standard InChI is InChI=1S/C21H24N2O3S/c1-3-25-17-4-5-19-18(12-17)15(2)20(26-19)21(24)23-9-7-22(8-10-23)13-16-6-11-27-14-16/h4-6,11-12,14H,3,7-10,13H2,1-2H3/p+1. The van der Waals surface area contributed by atoms with Gasteiger partial charge in [-0.05, 0) is 48.9 Å². The third kappa shape index (κ3) is 3.73. The number of quaternary nitrogens is 1. The first-order valence-corrected chi connectivity index (χ1v) is 10.4. The van der Waals surface area contributed by atoms with Crippen LogP contribution in [-0.2, 0) is 6.54 Å². The topological polar surface area (TPSA) is 47.1 Å². The number of benzene rings is 1. The van der Waals surface area contributed by atoms with Crippen LogP contribution >= 0.6 is 11.3 Å². The second-order valence-corrected chi connectivity index (χ2v) is 7.78. The van der Waals surface area contributed by atoms with E-state index in [-0.39, 0.29) is 5.91 Å². The van der Waals surface area contributed by atoms with Crippen molar-refractivity contribution >= 4 is 28.2 Å². The van der Waals surface area contributed by atoms with Crippen LogP contribution in [-0.4, -0.2) is 43.6 Å². The molecular formula is C21H25N2O3S+. The van der Waals surface area contributed by atoms with Gasteiger partial charge in [-0.15, -0.1) is 0 Å². The molecule has 4 rings (SSSR count). The maximum absolute atomic E-state index is 13.0. The Balaban J connectivity index is 1.46. The number of fused-ring (bicyclic) bond motifs is 1. The second-order valence-electron chi connectivity index (χ2n) is 7.00. The summed E-state index contributed by atoms with van der Waals surface area (Å²) >= 11 is 1.74. The molecule has 0 radical (unpaired) electrons. The van der Waals surface area contributed by atoms with E-state index < -0.39 is 0 Å². The van der Waals surface area contributed by atoms with Gasteiger partial charge in [-0.3, -0.25) is 4.79 Å². The Kier molecular flexibility index (Phi) is 5.18. The summed E-state index contributed by atoms with van der Waals surface area (Å²) in [6.45, 7) is 9.03. The minimum atomic E-state index is -0.00348. The number of ether oxygens (including phenoxy) is 1. The zero-order valence-corrected chi connectivity index (χ0v) is 16.6. The molecule has 1 amide bonds. The van der Waals surface area contributed by atoms with Crippen molar-refractivity contribution in [1.82, 2.24) is 4.90 Å². The lowest BCUT2D eigenvalue weighted by molar-refractivity contribution is -0.917. The van der Waals surface area contributed by atoms with E-state index in [1.807, 2.05) is 36.9 Å². The predicted octanol–water partition coefficient (Wildman–Crippen LogP) is 2.74. The monoisotopic (exact) mass is 385 g/mol. The van der Waals surface area contributed by atoms with Crippen molar-refractivity contribution in [2.24, 2.45) is 0 Å². The average molecular weight is 386 g/mol. The summed E-state index contributed by atoms with van der Waals surface area (Å²) in [6, 6.07) is 7.91. The SMILES string of the molecule is CCOc1ccc2oc(C(=O)N3CC[NH+](Cc4ccsc4)CC3)c(C)c2c1. The van der Waals surface area contributed by atoms with Gasteiger partial charge < -0.3 is 19.0 Å². The van der Waals surface area contributed by atoms with Crippen LogP contribution in [0.1, 0.15) is 28.6 Å². The summed E-state index contributed by atoms with van der Waals surface area (Å²) in [7, 11) is 0. The molecule has 0 atom stereocenters. The lowest BCUT2D eigenvalue weighted by Gasteiger charge is -2.31. The first-order chi connectivity index (χ1) is 13.2. The van der Waals surface area contributed by atoms with E-state index in [1.165, 1.54) is 10.5 Å². The Bertz CT molecular complexity index is 924. The number of carbonyl (C=O) groups is 1. The van der Waals surface area contributed by atoms with Crippen molar-refractivity contribution in [2.45, 2.75) is 20.4 Å². The molecule has 0 bridgehead atoms. The summed E-state index contributed by atoms with van der Waals surface area (Å²) in [4.78, 5) is 16.5. The second kappa shape index (κ2) is 7.74. The van der Waals surface area contributed by atoms with E-state index in [9.17, 15) is 4.79 Å². The molecule has 0 spiro atoms. The van der Waals surface area contributed by atoms with Crippen LogP contribution in [0.3, 0.4) is 0 Å². The van der Waals surface area contributed by atoms with Gasteiger partial charge in [-0.2, -0.15) is 11.3 Å². The molecule has 3 heterocycles. The smallest absolute Gasteiger partial charge is 0.290 e. The van der Waals surface area contributed by atoms with Gasteiger partial charge in [0.05, 0.1) is 32.8 Å². The molecule has 1 aliphatic rings. The largest absolute Gasteiger partial charge is 0.494 e. The fourth-order valence-electron chi connectivity index (χ4n) is 3.69. The number of nitrogens with zero attached hydrogens (tertiary/aromatic N) is 1. The zero-order valence-electron chi connectivity index (χ0n) is 15.8. The van der Waals surface area contributed by atoms with Crippen LogP contribution in [0.5, 0.6) is 5.75 Å². The molecule has 2 aromatic heterocycles. The lowest BCUT2D eigenvalue weighted by Crippen LogP contribution is -3.13. The van der Waals surface area contributed by atoms with Crippen LogP contribution in [0.2, 0.25) is 0 Å². The van der Waals surface area contributed by atoms with Crippen molar-refractivity contribution in [1.29, 1.82) is 0 Å². The van der Waals surface area contributed by atoms with Crippen molar-refractivity contribution < 1.29 is 18.8 Å². The molecule has 6 heteroatoms. The van der Waals surface area contributed by atoms with Gasteiger partial charge in [0.15, 0.2) is 5.76 Å². The molecule has 27 heavy (non-hydrogen) atoms. The van der Waals surface area contributed by atoms with Gasteiger partial charge >= 0.3 is 0 Å². The van der Waals surface area contributed by atoms with Crippen LogP contribution < -0.4 is 9.64 Å². The fourth-order valence-corrected chi connectivity index (χ4v) is 4.36. The van der Waals surface area contributed by atoms with Crippen LogP contribution in [0, 0.1) is 6.92 Å². The summed E-state index contributed by atoms with van der Waals surface area (Å²) in [5, 5.41) is 5.28. The number of aryl methyl sites for hydroxylation is 1. The Hall–Kier alpha value is -2.31. The number of amides is 1. The Morgan fingerprint density at radius 2 is 2.11 bits per heavy atom. The van der Waals surface area contributed by atoms with Crippen LogP contribution in [0.15, 0.2) is 39.4 Å². The van der Waals surface area contributed by atoms with Gasteiger partial charge in [-0.1, -0.05) is 0 Å². The number of piperazine rings is 1. The highest BCUT2D eigenvalue weighted by Gasteiger charge is 2.28. The molecule has 0 aliphatic carbocycles. The third-order valence-corrected chi connectivity index (χ3v) is 5.94. The third-order valence-electron chi connectivity index (χ3n) is 5.20. The van der Waals surface area contributed by atoms with Gasteiger partial charge in [0.2, 0.25) is 0 Å². The quantitative estimate of drug-likeness (QED) is 0.735. The number of hydrogen-bond donors (Lipinski definition) is 1. The molecule has 1 aliphatic heterocycles. The maximum Gasteiger partial charge on any atom is 0.290 e. The predicted molar refractivity (Wildman–Crippen MR) is 107 cm³/mol. The van der Waals surface area contributed by atoms with Crippen LogP contribution in [0.4, 0.5) is 0 Å². The number of nitrogens with one attached hydrogen (secondary N) is 1. The minimum Gasteiger partial charge on any atom is -0.494 e. The Morgan fingerprint density at radius 1 is 1.30 bits per heavy atom. The average Bonchev–Trinajstić information content (AvgIpc) is 3.30. The van der Waals surface area contributed by atoms with Crippen molar-refractivity contribution in [3.8, 4) is 5.75 Å². The van der Waals surface area contributed by atoms with Gasteiger partial charge in [0, 0.05) is 16.5 Å². The highest BCUT2D eigenvalue weighted by molar-refractivity contribution is 7.07. The number of rotatable bonds is 5. The molecular weight excluding hydrogens is 360 g/mol. The first kappa shape index (κ1) is 18.1. The molecule has 0 unspecified atom stereocenters. The van der Waals surface area contributed by atoms with Crippen molar-refractivity contribution in [2.75, 3.05) is 32.8 Å². The molecule has 1 aromatic carbocycles. The summed E-state index contributed by atoms with van der Waals surface area (Å²) in [5.74, 6) is 1.26. The summed E-state index contributed by atoms with van der Waals surface area (Å²) in [5.41, 5.74) is 3.01. The van der Waals surface area contributed by atoms with E-state index in [2.05, 4.69) is 16.8 Å². The van der Waals surface area contributed by atoms with Crippen LogP contribution in [0.25, 0.3) is 11.0 Å². The molecule has 3 aromatic rings. The molecule has 1 saturated heterocycles. The van der Waals surface area contributed by atoms with Crippen molar-refractivity contribution in [3.05, 3.63) is 51.9 Å². The highest BCUT2D eigenvalue weighted by atomic mass is 32.1. The minimum absolute atomic E-state index is 0.00348. The number of thiophene rings is 1. The highest BCUT2D eigenvalue weighted by Crippen LogP contribution is 2.29. The normalized spacial score (nSPS) is 15.4. The first-order valence-electron chi connectivity index (χ1n) is 9.45. The van der Waals surface area contributed by atoms with E-state index >= 15 is 0 Å². The van der Waals surface area contributed by atoms with Gasteiger partial charge in [0.25, 0.3) is 5.91 Å². The summed E-state index contributed by atoms with van der Waals surface area (Å²) < 4.78 is 11.5. The zero-order chi connectivity index (χ0) is 18.8. The number of hydrogen-bond acceptors (Lipinski definition) is 4. The molecule has 1 N–H and O–H groups in total. The van der Waals surface area contributed by atoms with Gasteiger partial charge in [0.1, 0.15) is 17.9 Å².